The van der Waals surface area contributed by atoms with Crippen LogP contribution in [0, 0.1) is 0 Å². The van der Waals surface area contributed by atoms with Gasteiger partial charge in [0.15, 0.2) is 5.69 Å². The number of rotatable bonds is 9. The van der Waals surface area contributed by atoms with Crippen molar-refractivity contribution in [2.45, 2.75) is 32.5 Å². The first kappa shape index (κ1) is 26.5. The van der Waals surface area contributed by atoms with Crippen molar-refractivity contribution in [3.8, 4) is 17.2 Å². The van der Waals surface area contributed by atoms with Crippen LogP contribution in [0.2, 0.25) is 0 Å². The van der Waals surface area contributed by atoms with Crippen LogP contribution in [0.15, 0.2) is 48.5 Å². The van der Waals surface area contributed by atoms with Crippen LogP contribution in [0.3, 0.4) is 0 Å². The molecule has 0 bridgehead atoms. The molecular weight excluding hydrogens is 492 g/mol. The summed E-state index contributed by atoms with van der Waals surface area (Å²) >= 11 is 0. The maximum atomic E-state index is 13.9. The van der Waals surface area contributed by atoms with Gasteiger partial charge in [-0.25, -0.2) is 4.79 Å². The fraction of sp³-hybridized carbons (Fsp3) is 0.333. The summed E-state index contributed by atoms with van der Waals surface area (Å²) in [5.41, 5.74) is -0.164. The molecule has 0 spiro atoms. The lowest BCUT2D eigenvalue weighted by molar-refractivity contribution is -0.126. The molecule has 11 nitrogen and oxygen atoms in total. The molecule has 4 rings (SSSR count). The normalized spacial score (nSPS) is 16.4. The summed E-state index contributed by atoms with van der Waals surface area (Å²) < 4.78 is 22.6. The molecule has 0 unspecified atom stereocenters. The number of hydrogen-bond donors (Lipinski definition) is 1. The Bertz CT molecular complexity index is 1350. The van der Waals surface area contributed by atoms with Crippen LogP contribution in [0.25, 0.3) is 0 Å². The van der Waals surface area contributed by atoms with E-state index in [-0.39, 0.29) is 31.1 Å². The zero-order valence-electron chi connectivity index (χ0n) is 21.9. The van der Waals surface area contributed by atoms with Crippen LogP contribution in [0.4, 0.5) is 5.69 Å². The van der Waals surface area contributed by atoms with Gasteiger partial charge in [-0.2, -0.15) is 5.10 Å². The molecule has 0 saturated carbocycles. The maximum absolute atomic E-state index is 13.9. The first-order valence-corrected chi connectivity index (χ1v) is 12.0. The van der Waals surface area contributed by atoms with E-state index in [1.165, 1.54) is 29.9 Å². The third kappa shape index (κ3) is 4.86. The van der Waals surface area contributed by atoms with Crippen LogP contribution in [0.1, 0.15) is 40.4 Å². The number of amides is 2. The number of fused-ring (bicyclic) bond motifs is 1. The number of nitrogens with one attached hydrogen (secondary N) is 1. The Morgan fingerprint density at radius 1 is 1.03 bits per heavy atom. The minimum Gasteiger partial charge on any atom is -0.497 e. The highest BCUT2D eigenvalue weighted by Crippen LogP contribution is 2.37. The van der Waals surface area contributed by atoms with E-state index < -0.39 is 23.3 Å². The summed E-state index contributed by atoms with van der Waals surface area (Å²) in [5.74, 6) is -0.105. The molecule has 11 heteroatoms. The van der Waals surface area contributed by atoms with E-state index >= 15 is 0 Å². The summed E-state index contributed by atoms with van der Waals surface area (Å²) in [5, 5.41) is 7.22. The number of ether oxygens (including phenoxy) is 4. The van der Waals surface area contributed by atoms with Crippen molar-refractivity contribution in [2.75, 3.05) is 32.8 Å². The first-order valence-electron chi connectivity index (χ1n) is 12.0. The maximum Gasteiger partial charge on any atom is 0.358 e. The average molecular weight is 523 g/mol. The van der Waals surface area contributed by atoms with Gasteiger partial charge in [0.05, 0.1) is 40.2 Å². The Labute approximate surface area is 220 Å². The van der Waals surface area contributed by atoms with Crippen molar-refractivity contribution < 1.29 is 33.3 Å². The van der Waals surface area contributed by atoms with Crippen LogP contribution in [-0.4, -0.2) is 61.0 Å². The Balaban J connectivity index is 1.78. The van der Waals surface area contributed by atoms with Crippen LogP contribution >= 0.6 is 0 Å². The number of aromatic nitrogens is 2. The molecule has 0 radical (unpaired) electrons. The highest BCUT2D eigenvalue weighted by Gasteiger charge is 2.49. The number of methoxy groups -OCH3 is 3. The lowest BCUT2D eigenvalue weighted by atomic mass is 9.93. The third-order valence-corrected chi connectivity index (χ3v) is 6.35. The van der Waals surface area contributed by atoms with Gasteiger partial charge in [-0.1, -0.05) is 18.2 Å². The average Bonchev–Trinajstić information content (AvgIpc) is 3.36. The van der Waals surface area contributed by atoms with E-state index in [4.69, 9.17) is 18.9 Å². The van der Waals surface area contributed by atoms with Gasteiger partial charge in [0.1, 0.15) is 28.5 Å². The van der Waals surface area contributed by atoms with E-state index in [9.17, 15) is 14.4 Å². The topological polar surface area (TPSA) is 121 Å². The van der Waals surface area contributed by atoms with Crippen molar-refractivity contribution >= 4 is 23.5 Å². The minimum absolute atomic E-state index is 0.0166. The van der Waals surface area contributed by atoms with E-state index in [1.807, 2.05) is 18.2 Å². The monoisotopic (exact) mass is 522 g/mol. The van der Waals surface area contributed by atoms with E-state index in [0.29, 0.717) is 22.9 Å². The van der Waals surface area contributed by atoms with Gasteiger partial charge >= 0.3 is 5.97 Å². The lowest BCUT2D eigenvalue weighted by Gasteiger charge is -2.43. The largest absolute Gasteiger partial charge is 0.497 e. The van der Waals surface area contributed by atoms with Crippen molar-refractivity contribution in [3.63, 3.8) is 0 Å². The quantitative estimate of drug-likeness (QED) is 0.426. The van der Waals surface area contributed by atoms with Gasteiger partial charge in [0, 0.05) is 36.4 Å². The Morgan fingerprint density at radius 3 is 2.34 bits per heavy atom. The molecule has 2 amide bonds. The van der Waals surface area contributed by atoms with E-state index in [2.05, 4.69) is 10.4 Å². The summed E-state index contributed by atoms with van der Waals surface area (Å²) in [6.45, 7) is 3.63. The second kappa shape index (κ2) is 10.8. The smallest absolute Gasteiger partial charge is 0.358 e. The molecule has 2 heterocycles. The molecular formula is C27H30N4O7. The van der Waals surface area contributed by atoms with Crippen LogP contribution in [-0.2, 0) is 22.6 Å². The molecule has 1 aliphatic heterocycles. The molecule has 200 valence electrons. The Kier molecular flexibility index (Phi) is 7.56. The fourth-order valence-corrected chi connectivity index (χ4v) is 4.43. The Morgan fingerprint density at radius 2 is 1.71 bits per heavy atom. The van der Waals surface area contributed by atoms with Gasteiger partial charge in [0.2, 0.25) is 5.91 Å². The number of anilines is 1. The predicted molar refractivity (Wildman–Crippen MR) is 138 cm³/mol. The van der Waals surface area contributed by atoms with Crippen molar-refractivity contribution in [3.05, 3.63) is 65.5 Å². The standard InChI is InChI=1S/C27H30N4O7/c1-6-38-25(33)21-14-22-24(32)31(18-11-19(35-3)13-20(12-18)36-4)27(2,16-30(22)29-21)26(34)28-15-17-9-7-8-10-23(17)37-5/h7-14H,6,15-16H2,1-5H3,(H,28,34)/t27-/m1/s1. The molecule has 38 heavy (non-hydrogen) atoms. The third-order valence-electron chi connectivity index (χ3n) is 6.35. The number of carbonyl (C=O) groups excluding carboxylic acids is 3. The molecule has 0 saturated heterocycles. The summed E-state index contributed by atoms with van der Waals surface area (Å²) in [6, 6.07) is 13.7. The second-order valence-electron chi connectivity index (χ2n) is 8.77. The Hall–Kier alpha value is -4.54. The molecule has 1 aliphatic rings. The number of esters is 1. The highest BCUT2D eigenvalue weighted by atomic mass is 16.5. The molecule has 0 fully saturated rings. The van der Waals surface area contributed by atoms with Gasteiger partial charge in [-0.3, -0.25) is 19.2 Å². The van der Waals surface area contributed by atoms with Crippen molar-refractivity contribution in [1.82, 2.24) is 15.1 Å². The molecule has 2 aromatic carbocycles. The van der Waals surface area contributed by atoms with Crippen molar-refractivity contribution in [2.24, 2.45) is 0 Å². The van der Waals surface area contributed by atoms with Crippen LogP contribution < -0.4 is 24.4 Å². The first-order chi connectivity index (χ1) is 18.2. The predicted octanol–water partition coefficient (Wildman–Crippen LogP) is 2.82. The zero-order valence-corrected chi connectivity index (χ0v) is 21.9. The van der Waals surface area contributed by atoms with Gasteiger partial charge in [-0.15, -0.1) is 0 Å². The number of nitrogens with zero attached hydrogens (tertiary/aromatic N) is 3. The summed E-state index contributed by atoms with van der Waals surface area (Å²) in [4.78, 5) is 41.5. The minimum atomic E-state index is -1.44. The number of para-hydroxylation sites is 1. The number of hydrogen-bond acceptors (Lipinski definition) is 8. The molecule has 0 aliphatic carbocycles. The number of carbonyl (C=O) groups is 3. The molecule has 3 aromatic rings. The van der Waals surface area contributed by atoms with Gasteiger partial charge in [-0.05, 0) is 19.9 Å². The van der Waals surface area contributed by atoms with Crippen molar-refractivity contribution in [1.29, 1.82) is 0 Å². The van der Waals surface area contributed by atoms with E-state index in [1.54, 1.807) is 45.2 Å². The van der Waals surface area contributed by atoms with E-state index in [0.717, 1.165) is 5.56 Å². The second-order valence-corrected chi connectivity index (χ2v) is 8.77. The lowest BCUT2D eigenvalue weighted by Crippen LogP contribution is -2.64. The van der Waals surface area contributed by atoms with Gasteiger partial charge < -0.3 is 24.3 Å². The van der Waals surface area contributed by atoms with Gasteiger partial charge in [0.25, 0.3) is 5.91 Å². The summed E-state index contributed by atoms with van der Waals surface area (Å²) in [6.07, 6.45) is 0. The zero-order chi connectivity index (χ0) is 27.4. The molecule has 1 N–H and O–H groups in total. The fourth-order valence-electron chi connectivity index (χ4n) is 4.43. The molecule has 1 atom stereocenters. The molecule has 1 aromatic heterocycles. The number of benzene rings is 2. The van der Waals surface area contributed by atoms with Crippen LogP contribution in [0.5, 0.6) is 17.2 Å². The highest BCUT2D eigenvalue weighted by molar-refractivity contribution is 6.12. The summed E-state index contributed by atoms with van der Waals surface area (Å²) in [7, 11) is 4.55. The SMILES string of the molecule is CCOC(=O)c1cc2n(n1)C[C@](C)(C(=O)NCc1ccccc1OC)N(c1cc(OC)cc(OC)c1)C2=O.